The zero-order chi connectivity index (χ0) is 23.5. The first-order valence-corrected chi connectivity index (χ1v) is 9.91. The quantitative estimate of drug-likeness (QED) is 0.355. The number of nitrogens with zero attached hydrogens (tertiary/aromatic N) is 3. The van der Waals surface area contributed by atoms with Crippen LogP contribution in [0.25, 0.3) is 0 Å². The maximum Gasteiger partial charge on any atom is 0.269 e. The Morgan fingerprint density at radius 1 is 0.970 bits per heavy atom. The number of nitriles is 1. The van der Waals surface area contributed by atoms with Gasteiger partial charge in [0.25, 0.3) is 17.5 Å². The normalized spacial score (nSPS) is 13.2. The number of anilines is 1. The van der Waals surface area contributed by atoms with Crippen molar-refractivity contribution in [2.24, 2.45) is 0 Å². The predicted molar refractivity (Wildman–Crippen MR) is 117 cm³/mol. The molecule has 0 unspecified atom stereocenters. The van der Waals surface area contributed by atoms with Crippen LogP contribution in [0.1, 0.15) is 31.8 Å². The van der Waals surface area contributed by atoms with Crippen LogP contribution in [0.3, 0.4) is 0 Å². The fraction of sp³-hybridized carbons (Fsp3) is 0.0833. The van der Waals surface area contributed by atoms with Crippen LogP contribution in [0.15, 0.2) is 72.8 Å². The summed E-state index contributed by atoms with van der Waals surface area (Å²) in [6.45, 7) is 0. The monoisotopic (exact) mass is 440 g/mol. The van der Waals surface area contributed by atoms with E-state index in [2.05, 4.69) is 5.32 Å². The largest absolute Gasteiger partial charge is 0.323 e. The summed E-state index contributed by atoms with van der Waals surface area (Å²) >= 11 is 0. The number of nitro benzene ring substituents is 1. The number of carbonyl (C=O) groups excluding carboxylic acids is 3. The summed E-state index contributed by atoms with van der Waals surface area (Å²) in [5.41, 5.74) is 1.26. The Bertz CT molecular complexity index is 1290. The molecule has 1 N–H and O–H groups in total. The maximum absolute atomic E-state index is 13.3. The zero-order valence-corrected chi connectivity index (χ0v) is 17.1. The second-order valence-electron chi connectivity index (χ2n) is 7.32. The smallest absolute Gasteiger partial charge is 0.269 e. The van der Waals surface area contributed by atoms with Gasteiger partial charge in [-0.15, -0.1) is 0 Å². The molecule has 1 atom stereocenters. The molecule has 162 valence electrons. The molecule has 4 rings (SSSR count). The predicted octanol–water partition coefficient (Wildman–Crippen LogP) is 3.31. The van der Waals surface area contributed by atoms with Crippen molar-refractivity contribution in [1.29, 1.82) is 5.26 Å². The minimum Gasteiger partial charge on any atom is -0.323 e. The van der Waals surface area contributed by atoms with E-state index in [0.29, 0.717) is 5.56 Å². The molecule has 1 aliphatic heterocycles. The molecule has 9 nitrogen and oxygen atoms in total. The van der Waals surface area contributed by atoms with Crippen molar-refractivity contribution in [2.75, 3.05) is 5.32 Å². The van der Waals surface area contributed by atoms with E-state index in [-0.39, 0.29) is 34.5 Å². The van der Waals surface area contributed by atoms with Gasteiger partial charge in [-0.05, 0) is 29.8 Å². The highest BCUT2D eigenvalue weighted by molar-refractivity contribution is 6.23. The minimum atomic E-state index is -1.24. The molecule has 3 amide bonds. The van der Waals surface area contributed by atoms with Gasteiger partial charge in [-0.1, -0.05) is 36.4 Å². The van der Waals surface area contributed by atoms with Gasteiger partial charge in [-0.25, -0.2) is 0 Å². The molecular weight excluding hydrogens is 424 g/mol. The fourth-order valence-electron chi connectivity index (χ4n) is 3.67. The van der Waals surface area contributed by atoms with Crippen molar-refractivity contribution in [3.8, 4) is 6.07 Å². The number of imide groups is 1. The van der Waals surface area contributed by atoms with Crippen LogP contribution >= 0.6 is 0 Å². The van der Waals surface area contributed by atoms with Crippen LogP contribution in [0, 0.1) is 21.4 Å². The van der Waals surface area contributed by atoms with Gasteiger partial charge in [0.05, 0.1) is 27.3 Å². The molecule has 0 spiro atoms. The second-order valence-corrected chi connectivity index (χ2v) is 7.32. The van der Waals surface area contributed by atoms with Gasteiger partial charge in [-0.2, -0.15) is 5.26 Å². The van der Waals surface area contributed by atoms with E-state index in [1.807, 2.05) is 6.07 Å². The molecule has 33 heavy (non-hydrogen) atoms. The molecular formula is C24H16N4O5. The fourth-order valence-corrected chi connectivity index (χ4v) is 3.67. The summed E-state index contributed by atoms with van der Waals surface area (Å²) < 4.78 is 0. The molecule has 1 aliphatic rings. The molecule has 0 saturated carbocycles. The van der Waals surface area contributed by atoms with E-state index < -0.39 is 28.7 Å². The highest BCUT2D eigenvalue weighted by Crippen LogP contribution is 2.27. The Hall–Kier alpha value is -4.84. The molecule has 0 aromatic heterocycles. The molecule has 1 heterocycles. The van der Waals surface area contributed by atoms with Crippen molar-refractivity contribution in [3.05, 3.63) is 105 Å². The number of benzene rings is 3. The van der Waals surface area contributed by atoms with Crippen LogP contribution in [-0.2, 0) is 11.2 Å². The first kappa shape index (κ1) is 21.4. The number of rotatable bonds is 6. The van der Waals surface area contributed by atoms with Crippen molar-refractivity contribution >= 4 is 29.1 Å². The van der Waals surface area contributed by atoms with Gasteiger partial charge < -0.3 is 5.32 Å². The third kappa shape index (κ3) is 4.05. The van der Waals surface area contributed by atoms with Crippen LogP contribution < -0.4 is 5.32 Å². The highest BCUT2D eigenvalue weighted by atomic mass is 16.6. The SMILES string of the molecule is N#Cc1ccccc1NC(=O)[C@@H](Cc1ccc([N+](=O)[O-])cc1)N1C(=O)c2ccccc2C1=O. The molecule has 0 radical (unpaired) electrons. The van der Waals surface area contributed by atoms with E-state index in [9.17, 15) is 29.8 Å². The second kappa shape index (κ2) is 8.72. The third-order valence-corrected chi connectivity index (χ3v) is 5.32. The van der Waals surface area contributed by atoms with Gasteiger partial charge in [0.15, 0.2) is 0 Å². The standard InChI is InChI=1S/C24H16N4O5/c25-14-16-5-1-4-8-20(16)26-22(29)21(13-15-9-11-17(12-10-15)28(32)33)27-23(30)18-6-2-3-7-19(18)24(27)31/h1-12,21H,13H2,(H,26,29)/t21-/m1/s1. The maximum atomic E-state index is 13.3. The molecule has 9 heteroatoms. The number of carbonyl (C=O) groups is 3. The van der Waals surface area contributed by atoms with Gasteiger partial charge >= 0.3 is 0 Å². The summed E-state index contributed by atoms with van der Waals surface area (Å²) in [5, 5.41) is 22.9. The van der Waals surface area contributed by atoms with Crippen molar-refractivity contribution in [3.63, 3.8) is 0 Å². The summed E-state index contributed by atoms with van der Waals surface area (Å²) in [6, 6.07) is 18.9. The van der Waals surface area contributed by atoms with E-state index in [1.165, 1.54) is 42.5 Å². The van der Waals surface area contributed by atoms with Crippen molar-refractivity contribution in [2.45, 2.75) is 12.5 Å². The lowest BCUT2D eigenvalue weighted by Gasteiger charge is -2.25. The minimum absolute atomic E-state index is 0.0655. The van der Waals surface area contributed by atoms with Crippen molar-refractivity contribution < 1.29 is 19.3 Å². The molecule has 0 bridgehead atoms. The summed E-state index contributed by atoms with van der Waals surface area (Å²) in [5.74, 6) is -1.87. The number of hydrogen-bond donors (Lipinski definition) is 1. The Morgan fingerprint density at radius 3 is 2.12 bits per heavy atom. The molecule has 0 aliphatic carbocycles. The highest BCUT2D eigenvalue weighted by Gasteiger charge is 2.42. The number of para-hydroxylation sites is 1. The zero-order valence-electron chi connectivity index (χ0n) is 17.1. The van der Waals surface area contributed by atoms with E-state index in [4.69, 9.17) is 0 Å². The van der Waals surface area contributed by atoms with E-state index in [1.54, 1.807) is 30.3 Å². The molecule has 0 saturated heterocycles. The summed E-state index contributed by atoms with van der Waals surface area (Å²) in [7, 11) is 0. The van der Waals surface area contributed by atoms with Crippen LogP contribution in [0.4, 0.5) is 11.4 Å². The Balaban J connectivity index is 1.70. The number of fused-ring (bicyclic) bond motifs is 1. The van der Waals surface area contributed by atoms with Gasteiger partial charge in [0.2, 0.25) is 5.91 Å². The topological polar surface area (TPSA) is 133 Å². The van der Waals surface area contributed by atoms with E-state index in [0.717, 1.165) is 4.90 Å². The number of nitro groups is 1. The van der Waals surface area contributed by atoms with Gasteiger partial charge in [0.1, 0.15) is 12.1 Å². The van der Waals surface area contributed by atoms with Crippen LogP contribution in [0.5, 0.6) is 0 Å². The summed E-state index contributed by atoms with van der Waals surface area (Å²) in [6.07, 6.45) is -0.0655. The number of nitrogens with one attached hydrogen (secondary N) is 1. The van der Waals surface area contributed by atoms with Crippen molar-refractivity contribution in [1.82, 2.24) is 4.90 Å². The van der Waals surface area contributed by atoms with Crippen LogP contribution in [-0.4, -0.2) is 33.6 Å². The summed E-state index contributed by atoms with van der Waals surface area (Å²) in [4.78, 5) is 50.7. The van der Waals surface area contributed by atoms with Crippen LogP contribution in [0.2, 0.25) is 0 Å². The lowest BCUT2D eigenvalue weighted by molar-refractivity contribution is -0.384. The number of non-ortho nitro benzene ring substituents is 1. The lowest BCUT2D eigenvalue weighted by Crippen LogP contribution is -2.48. The average Bonchev–Trinajstić information content (AvgIpc) is 3.08. The van der Waals surface area contributed by atoms with Gasteiger partial charge in [-0.3, -0.25) is 29.4 Å². The molecule has 0 fully saturated rings. The molecule has 3 aromatic carbocycles. The third-order valence-electron chi connectivity index (χ3n) is 5.32. The first-order chi connectivity index (χ1) is 15.9. The van der Waals surface area contributed by atoms with Gasteiger partial charge in [0, 0.05) is 18.6 Å². The Morgan fingerprint density at radius 2 is 1.55 bits per heavy atom. The Kier molecular flexibility index (Phi) is 5.66. The number of amides is 3. The Labute approximate surface area is 188 Å². The number of hydrogen-bond acceptors (Lipinski definition) is 6. The molecule has 3 aromatic rings. The van der Waals surface area contributed by atoms with E-state index >= 15 is 0 Å². The average molecular weight is 440 g/mol. The lowest BCUT2D eigenvalue weighted by atomic mass is 10.0. The first-order valence-electron chi connectivity index (χ1n) is 9.91.